The van der Waals surface area contributed by atoms with Gasteiger partial charge in [-0.3, -0.25) is 4.79 Å². The van der Waals surface area contributed by atoms with E-state index in [2.05, 4.69) is 5.32 Å². The first kappa shape index (κ1) is 18.1. The number of hydrogen-bond acceptors (Lipinski definition) is 5. The van der Waals surface area contributed by atoms with E-state index in [0.29, 0.717) is 6.42 Å². The zero-order chi connectivity index (χ0) is 17.7. The van der Waals surface area contributed by atoms with Gasteiger partial charge in [-0.25, -0.2) is 17.6 Å². The van der Waals surface area contributed by atoms with Crippen molar-refractivity contribution in [3.8, 4) is 0 Å². The summed E-state index contributed by atoms with van der Waals surface area (Å²) < 4.78 is 41.0. The van der Waals surface area contributed by atoms with E-state index in [0.717, 1.165) is 6.08 Å². The standard InChI is InChI=1S/C16H18FNO5S/c1-11(16(20)18-13-8-9-24(21,22)10-13)23-15(19)7-6-12-4-2-3-5-14(12)17/h2-7,11,13H,8-10H2,1H3,(H,18,20)/b7-6+/t11-,13-/m1/s1. The molecule has 1 heterocycles. The molecule has 130 valence electrons. The molecule has 0 aliphatic carbocycles. The second-order valence-electron chi connectivity index (χ2n) is 5.54. The average molecular weight is 355 g/mol. The van der Waals surface area contributed by atoms with Gasteiger partial charge in [-0.2, -0.15) is 0 Å². The maximum atomic E-state index is 13.4. The Kier molecular flexibility index (Phi) is 5.71. The molecule has 1 aromatic rings. The average Bonchev–Trinajstić information content (AvgIpc) is 2.85. The second kappa shape index (κ2) is 7.57. The van der Waals surface area contributed by atoms with Crippen LogP contribution >= 0.6 is 0 Å². The van der Waals surface area contributed by atoms with Crippen molar-refractivity contribution in [1.82, 2.24) is 5.32 Å². The minimum absolute atomic E-state index is 0.0392. The number of esters is 1. The third-order valence-electron chi connectivity index (χ3n) is 3.55. The van der Waals surface area contributed by atoms with E-state index in [-0.39, 0.29) is 17.1 Å². The molecule has 1 aliphatic rings. The van der Waals surface area contributed by atoms with Gasteiger partial charge in [0.15, 0.2) is 15.9 Å². The predicted molar refractivity (Wildman–Crippen MR) is 86.2 cm³/mol. The van der Waals surface area contributed by atoms with Crippen molar-refractivity contribution < 1.29 is 27.1 Å². The lowest BCUT2D eigenvalue weighted by Crippen LogP contribution is -2.42. The summed E-state index contributed by atoms with van der Waals surface area (Å²) in [5.41, 5.74) is 0.225. The molecule has 1 fully saturated rings. The SMILES string of the molecule is C[C@@H](OC(=O)/C=C/c1ccccc1F)C(=O)N[C@@H]1CCS(=O)(=O)C1. The van der Waals surface area contributed by atoms with Crippen LogP contribution < -0.4 is 5.32 Å². The highest BCUT2D eigenvalue weighted by molar-refractivity contribution is 7.91. The molecular weight excluding hydrogens is 337 g/mol. The van der Waals surface area contributed by atoms with Crippen LogP contribution in [0.5, 0.6) is 0 Å². The molecule has 2 atom stereocenters. The van der Waals surface area contributed by atoms with Crippen molar-refractivity contribution in [2.45, 2.75) is 25.5 Å². The van der Waals surface area contributed by atoms with Crippen LogP contribution in [0.4, 0.5) is 4.39 Å². The summed E-state index contributed by atoms with van der Waals surface area (Å²) in [5.74, 6) is -1.90. The summed E-state index contributed by atoms with van der Waals surface area (Å²) >= 11 is 0. The molecule has 6 nitrogen and oxygen atoms in total. The number of rotatable bonds is 5. The number of nitrogens with one attached hydrogen (secondary N) is 1. The van der Waals surface area contributed by atoms with Crippen LogP contribution in [0.25, 0.3) is 6.08 Å². The predicted octanol–water partition coefficient (Wildman–Crippen LogP) is 1.07. The minimum atomic E-state index is -3.10. The Labute approximate surface area is 139 Å². The highest BCUT2D eigenvalue weighted by atomic mass is 32.2. The van der Waals surface area contributed by atoms with Gasteiger partial charge in [0.25, 0.3) is 5.91 Å². The summed E-state index contributed by atoms with van der Waals surface area (Å²) in [6.45, 7) is 1.38. The van der Waals surface area contributed by atoms with E-state index in [4.69, 9.17) is 4.74 Å². The summed E-state index contributed by atoms with van der Waals surface area (Å²) in [5, 5.41) is 2.54. The van der Waals surface area contributed by atoms with Crippen LogP contribution in [0.1, 0.15) is 18.9 Å². The van der Waals surface area contributed by atoms with Crippen LogP contribution in [0.3, 0.4) is 0 Å². The molecule has 1 amide bonds. The molecule has 1 aliphatic heterocycles. The second-order valence-corrected chi connectivity index (χ2v) is 7.77. The molecule has 1 N–H and O–H groups in total. The van der Waals surface area contributed by atoms with Crippen molar-refractivity contribution in [2.24, 2.45) is 0 Å². The molecular formula is C16H18FNO5S. The van der Waals surface area contributed by atoms with Crippen molar-refractivity contribution >= 4 is 27.8 Å². The van der Waals surface area contributed by atoms with Crippen molar-refractivity contribution in [3.05, 3.63) is 41.7 Å². The van der Waals surface area contributed by atoms with Gasteiger partial charge in [0, 0.05) is 17.7 Å². The Hall–Kier alpha value is -2.22. The van der Waals surface area contributed by atoms with E-state index in [1.807, 2.05) is 0 Å². The van der Waals surface area contributed by atoms with Crippen molar-refractivity contribution in [1.29, 1.82) is 0 Å². The lowest BCUT2D eigenvalue weighted by Gasteiger charge is -2.15. The van der Waals surface area contributed by atoms with E-state index >= 15 is 0 Å². The van der Waals surface area contributed by atoms with Crippen LogP contribution in [0.15, 0.2) is 30.3 Å². The number of benzene rings is 1. The maximum absolute atomic E-state index is 13.4. The fraction of sp³-hybridized carbons (Fsp3) is 0.375. The molecule has 1 saturated heterocycles. The van der Waals surface area contributed by atoms with Crippen LogP contribution in [-0.4, -0.2) is 43.9 Å². The van der Waals surface area contributed by atoms with Crippen molar-refractivity contribution in [3.63, 3.8) is 0 Å². The molecule has 0 radical (unpaired) electrons. The number of hydrogen-bond donors (Lipinski definition) is 1. The van der Waals surface area contributed by atoms with Crippen LogP contribution in [0, 0.1) is 5.82 Å². The molecule has 2 rings (SSSR count). The normalized spacial score (nSPS) is 20.7. The highest BCUT2D eigenvalue weighted by Crippen LogP contribution is 2.12. The molecule has 1 aromatic carbocycles. The van der Waals surface area contributed by atoms with E-state index < -0.39 is 39.7 Å². The van der Waals surface area contributed by atoms with E-state index in [9.17, 15) is 22.4 Å². The van der Waals surface area contributed by atoms with Gasteiger partial charge >= 0.3 is 5.97 Å². The van der Waals surface area contributed by atoms with Crippen LogP contribution in [0.2, 0.25) is 0 Å². The number of carbonyl (C=O) groups is 2. The minimum Gasteiger partial charge on any atom is -0.449 e. The van der Waals surface area contributed by atoms with Gasteiger partial charge in [-0.1, -0.05) is 18.2 Å². The third kappa shape index (κ3) is 5.16. The molecule has 8 heteroatoms. The quantitative estimate of drug-likeness (QED) is 0.630. The largest absolute Gasteiger partial charge is 0.449 e. The highest BCUT2D eigenvalue weighted by Gasteiger charge is 2.30. The van der Waals surface area contributed by atoms with Crippen molar-refractivity contribution in [2.75, 3.05) is 11.5 Å². The maximum Gasteiger partial charge on any atom is 0.331 e. The number of amides is 1. The Morgan fingerprint density at radius 3 is 2.71 bits per heavy atom. The van der Waals surface area contributed by atoms with Crippen LogP contribution in [-0.2, 0) is 24.2 Å². The Morgan fingerprint density at radius 2 is 2.08 bits per heavy atom. The summed E-state index contributed by atoms with van der Waals surface area (Å²) in [4.78, 5) is 23.6. The number of ether oxygens (including phenoxy) is 1. The molecule has 24 heavy (non-hydrogen) atoms. The monoisotopic (exact) mass is 355 g/mol. The molecule has 0 aromatic heterocycles. The topological polar surface area (TPSA) is 89.5 Å². The van der Waals surface area contributed by atoms with Gasteiger partial charge in [-0.15, -0.1) is 0 Å². The van der Waals surface area contributed by atoms with E-state index in [1.165, 1.54) is 31.2 Å². The fourth-order valence-corrected chi connectivity index (χ4v) is 3.94. The first-order valence-corrected chi connectivity index (χ1v) is 9.23. The van der Waals surface area contributed by atoms with Gasteiger partial charge in [-0.05, 0) is 25.5 Å². The first-order valence-electron chi connectivity index (χ1n) is 7.41. The Bertz CT molecular complexity index is 759. The summed E-state index contributed by atoms with van der Waals surface area (Å²) in [7, 11) is -3.10. The number of halogens is 1. The van der Waals surface area contributed by atoms with E-state index in [1.54, 1.807) is 6.07 Å². The Morgan fingerprint density at radius 1 is 1.38 bits per heavy atom. The molecule has 0 spiro atoms. The van der Waals surface area contributed by atoms with Gasteiger partial charge in [0.2, 0.25) is 0 Å². The fourth-order valence-electron chi connectivity index (χ4n) is 2.26. The Balaban J connectivity index is 1.85. The lowest BCUT2D eigenvalue weighted by molar-refractivity contribution is -0.150. The third-order valence-corrected chi connectivity index (χ3v) is 5.31. The van der Waals surface area contributed by atoms with Gasteiger partial charge in [0.1, 0.15) is 5.82 Å². The summed E-state index contributed by atoms with van der Waals surface area (Å²) in [6, 6.07) is 5.45. The molecule has 0 saturated carbocycles. The molecule has 0 unspecified atom stereocenters. The first-order chi connectivity index (χ1) is 11.3. The zero-order valence-corrected chi connectivity index (χ0v) is 13.9. The van der Waals surface area contributed by atoms with Gasteiger partial charge in [0.05, 0.1) is 11.5 Å². The van der Waals surface area contributed by atoms with Gasteiger partial charge < -0.3 is 10.1 Å². The smallest absolute Gasteiger partial charge is 0.331 e. The zero-order valence-electron chi connectivity index (χ0n) is 13.1. The lowest BCUT2D eigenvalue weighted by atomic mass is 10.2. The number of sulfone groups is 1. The molecule has 0 bridgehead atoms. The summed E-state index contributed by atoms with van der Waals surface area (Å²) in [6.07, 6.45) is 1.56. The number of carbonyl (C=O) groups excluding carboxylic acids is 2.